The Hall–Kier alpha value is -3.53. The number of fused-ring (bicyclic) bond motifs is 1. The van der Waals surface area contributed by atoms with Gasteiger partial charge in [-0.05, 0) is 48.4 Å². The van der Waals surface area contributed by atoms with Crippen molar-refractivity contribution in [3.63, 3.8) is 0 Å². The van der Waals surface area contributed by atoms with E-state index in [4.69, 9.17) is 9.47 Å². The van der Waals surface area contributed by atoms with Gasteiger partial charge in [-0.25, -0.2) is 0 Å². The standard InChI is InChI=1S/C25H23NO3/c1-2-28-25(27)16-20-18-26(24-14-7-6-13-23(20)24)17-19-9-8-12-22(15-19)29-21-10-4-3-5-11-21/h3-15,18H,2,16-17H2,1H3. The molecule has 4 rings (SSSR count). The molecule has 3 aromatic carbocycles. The van der Waals surface area contributed by atoms with Crippen LogP contribution >= 0.6 is 0 Å². The highest BCUT2D eigenvalue weighted by Crippen LogP contribution is 2.25. The van der Waals surface area contributed by atoms with Gasteiger partial charge >= 0.3 is 5.97 Å². The van der Waals surface area contributed by atoms with Gasteiger partial charge in [-0.2, -0.15) is 0 Å². The molecule has 0 spiro atoms. The van der Waals surface area contributed by atoms with E-state index < -0.39 is 0 Å². The van der Waals surface area contributed by atoms with Gasteiger partial charge in [0.15, 0.2) is 0 Å². The second-order valence-electron chi connectivity index (χ2n) is 6.84. The first-order valence-corrected chi connectivity index (χ1v) is 9.77. The molecule has 0 bridgehead atoms. The smallest absolute Gasteiger partial charge is 0.310 e. The monoisotopic (exact) mass is 385 g/mol. The predicted octanol–water partition coefficient (Wildman–Crippen LogP) is 5.59. The van der Waals surface area contributed by atoms with Crippen LogP contribution in [0.3, 0.4) is 0 Å². The van der Waals surface area contributed by atoms with Crippen LogP contribution in [0.4, 0.5) is 0 Å². The number of benzene rings is 3. The number of esters is 1. The number of ether oxygens (including phenoxy) is 2. The fraction of sp³-hybridized carbons (Fsp3) is 0.160. The van der Waals surface area contributed by atoms with Crippen LogP contribution in [0.2, 0.25) is 0 Å². The summed E-state index contributed by atoms with van der Waals surface area (Å²) in [6.07, 6.45) is 2.32. The molecule has 4 heteroatoms. The van der Waals surface area contributed by atoms with E-state index in [0.29, 0.717) is 13.2 Å². The van der Waals surface area contributed by atoms with Gasteiger partial charge in [0.1, 0.15) is 11.5 Å². The van der Waals surface area contributed by atoms with Crippen molar-refractivity contribution in [1.29, 1.82) is 0 Å². The van der Waals surface area contributed by atoms with E-state index in [1.807, 2.05) is 73.8 Å². The Balaban J connectivity index is 1.59. The van der Waals surface area contributed by atoms with Crippen LogP contribution in [0.5, 0.6) is 11.5 Å². The molecule has 1 heterocycles. The Kier molecular flexibility index (Phi) is 5.61. The summed E-state index contributed by atoms with van der Waals surface area (Å²) in [6, 6.07) is 26.0. The van der Waals surface area contributed by atoms with E-state index in [-0.39, 0.29) is 12.4 Å². The number of nitrogens with zero attached hydrogens (tertiary/aromatic N) is 1. The third-order valence-corrected chi connectivity index (χ3v) is 4.74. The van der Waals surface area contributed by atoms with Crippen molar-refractivity contribution < 1.29 is 14.3 Å². The van der Waals surface area contributed by atoms with Crippen molar-refractivity contribution in [3.8, 4) is 11.5 Å². The Bertz CT molecular complexity index is 1120. The summed E-state index contributed by atoms with van der Waals surface area (Å²) in [7, 11) is 0. The Morgan fingerprint density at radius 1 is 0.897 bits per heavy atom. The molecule has 0 aliphatic carbocycles. The average Bonchev–Trinajstić information content (AvgIpc) is 3.06. The van der Waals surface area contributed by atoms with E-state index in [9.17, 15) is 4.79 Å². The van der Waals surface area contributed by atoms with Gasteiger partial charge in [0.2, 0.25) is 0 Å². The summed E-state index contributed by atoms with van der Waals surface area (Å²) in [6.45, 7) is 2.91. The van der Waals surface area contributed by atoms with Crippen LogP contribution in [0, 0.1) is 0 Å². The summed E-state index contributed by atoms with van der Waals surface area (Å²) in [4.78, 5) is 12.0. The van der Waals surface area contributed by atoms with Gasteiger partial charge in [0.05, 0.1) is 13.0 Å². The van der Waals surface area contributed by atoms with Crippen LogP contribution < -0.4 is 4.74 Å². The van der Waals surface area contributed by atoms with Crippen LogP contribution in [0.1, 0.15) is 18.1 Å². The lowest BCUT2D eigenvalue weighted by Gasteiger charge is -2.09. The van der Waals surface area contributed by atoms with Crippen molar-refractivity contribution in [1.82, 2.24) is 4.57 Å². The second-order valence-corrected chi connectivity index (χ2v) is 6.84. The zero-order valence-corrected chi connectivity index (χ0v) is 16.4. The van der Waals surface area contributed by atoms with E-state index in [2.05, 4.69) is 22.8 Å². The molecular weight excluding hydrogens is 362 g/mol. The number of hydrogen-bond donors (Lipinski definition) is 0. The maximum absolute atomic E-state index is 12.0. The van der Waals surface area contributed by atoms with E-state index in [0.717, 1.165) is 33.5 Å². The molecule has 146 valence electrons. The number of carbonyl (C=O) groups is 1. The molecule has 29 heavy (non-hydrogen) atoms. The first-order chi connectivity index (χ1) is 14.2. The molecule has 0 atom stereocenters. The summed E-state index contributed by atoms with van der Waals surface area (Å²) in [5.41, 5.74) is 3.21. The molecule has 0 N–H and O–H groups in total. The molecule has 0 aliphatic heterocycles. The molecule has 0 aliphatic rings. The normalized spacial score (nSPS) is 10.8. The van der Waals surface area contributed by atoms with Gasteiger partial charge in [-0.1, -0.05) is 48.5 Å². The van der Waals surface area contributed by atoms with Gasteiger partial charge in [0.25, 0.3) is 0 Å². The van der Waals surface area contributed by atoms with Gasteiger partial charge in [-0.15, -0.1) is 0 Å². The van der Waals surface area contributed by atoms with Crippen molar-refractivity contribution in [2.75, 3.05) is 6.61 Å². The van der Waals surface area contributed by atoms with E-state index >= 15 is 0 Å². The SMILES string of the molecule is CCOC(=O)Cc1cn(Cc2cccc(Oc3ccccc3)c2)c2ccccc12. The van der Waals surface area contributed by atoms with Crippen molar-refractivity contribution in [2.45, 2.75) is 19.9 Å². The average molecular weight is 385 g/mol. The molecule has 0 unspecified atom stereocenters. The van der Waals surface area contributed by atoms with Crippen LogP contribution in [-0.4, -0.2) is 17.1 Å². The summed E-state index contributed by atoms with van der Waals surface area (Å²) >= 11 is 0. The molecule has 0 amide bonds. The zero-order chi connectivity index (χ0) is 20.1. The predicted molar refractivity (Wildman–Crippen MR) is 114 cm³/mol. The third-order valence-electron chi connectivity index (χ3n) is 4.74. The largest absolute Gasteiger partial charge is 0.466 e. The lowest BCUT2D eigenvalue weighted by atomic mass is 10.1. The molecule has 0 fully saturated rings. The molecular formula is C25H23NO3. The van der Waals surface area contributed by atoms with Gasteiger partial charge in [0, 0.05) is 23.6 Å². The van der Waals surface area contributed by atoms with Crippen molar-refractivity contribution in [2.24, 2.45) is 0 Å². The maximum Gasteiger partial charge on any atom is 0.310 e. The minimum Gasteiger partial charge on any atom is -0.466 e. The molecule has 4 nitrogen and oxygen atoms in total. The number of rotatable bonds is 7. The number of aromatic nitrogens is 1. The van der Waals surface area contributed by atoms with Crippen molar-refractivity contribution >= 4 is 16.9 Å². The van der Waals surface area contributed by atoms with Crippen LogP contribution in [0.15, 0.2) is 85.1 Å². The van der Waals surface area contributed by atoms with Gasteiger partial charge in [-0.3, -0.25) is 4.79 Å². The minimum atomic E-state index is -0.200. The number of hydrogen-bond acceptors (Lipinski definition) is 3. The first kappa shape index (κ1) is 18.8. The van der Waals surface area contributed by atoms with Crippen molar-refractivity contribution in [3.05, 3.63) is 96.2 Å². The quantitative estimate of drug-likeness (QED) is 0.390. The van der Waals surface area contributed by atoms with E-state index in [1.165, 1.54) is 0 Å². The highest BCUT2D eigenvalue weighted by Gasteiger charge is 2.13. The van der Waals surface area contributed by atoms with Crippen LogP contribution in [0.25, 0.3) is 10.9 Å². The highest BCUT2D eigenvalue weighted by atomic mass is 16.5. The van der Waals surface area contributed by atoms with Crippen LogP contribution in [-0.2, 0) is 22.5 Å². The first-order valence-electron chi connectivity index (χ1n) is 9.77. The molecule has 0 saturated heterocycles. The topological polar surface area (TPSA) is 40.5 Å². The number of carbonyl (C=O) groups excluding carboxylic acids is 1. The molecule has 0 saturated carbocycles. The number of para-hydroxylation sites is 2. The Morgan fingerprint density at radius 2 is 1.66 bits per heavy atom. The van der Waals surface area contributed by atoms with E-state index in [1.54, 1.807) is 0 Å². The van der Waals surface area contributed by atoms with Gasteiger partial charge < -0.3 is 14.0 Å². The third kappa shape index (κ3) is 4.49. The fourth-order valence-corrected chi connectivity index (χ4v) is 3.49. The minimum absolute atomic E-state index is 0.200. The zero-order valence-electron chi connectivity index (χ0n) is 16.4. The highest BCUT2D eigenvalue weighted by molar-refractivity contribution is 5.88. The lowest BCUT2D eigenvalue weighted by molar-refractivity contribution is -0.142. The Labute approximate surface area is 170 Å². The fourth-order valence-electron chi connectivity index (χ4n) is 3.49. The molecule has 1 aromatic heterocycles. The Morgan fingerprint density at radius 3 is 2.48 bits per heavy atom. The second kappa shape index (κ2) is 8.65. The summed E-state index contributed by atoms with van der Waals surface area (Å²) < 4.78 is 13.3. The molecule has 0 radical (unpaired) electrons. The summed E-state index contributed by atoms with van der Waals surface area (Å²) in [5, 5.41) is 1.08. The summed E-state index contributed by atoms with van der Waals surface area (Å²) in [5.74, 6) is 1.42. The maximum atomic E-state index is 12.0. The molecule has 4 aromatic rings. The lowest BCUT2D eigenvalue weighted by Crippen LogP contribution is -2.07.